The maximum atomic E-state index is 4.62. The third kappa shape index (κ3) is 2.50. The second-order valence-electron chi connectivity index (χ2n) is 6.53. The highest BCUT2D eigenvalue weighted by atomic mass is 15.3. The van der Waals surface area contributed by atoms with E-state index in [1.807, 2.05) is 12.4 Å². The van der Waals surface area contributed by atoms with E-state index in [9.17, 15) is 0 Å². The minimum atomic E-state index is 0.0544. The van der Waals surface area contributed by atoms with Crippen molar-refractivity contribution >= 4 is 0 Å². The van der Waals surface area contributed by atoms with Crippen molar-refractivity contribution in [1.29, 1.82) is 0 Å². The molecule has 0 bridgehead atoms. The molecule has 5 heteroatoms. The molecule has 1 aliphatic rings. The van der Waals surface area contributed by atoms with Crippen molar-refractivity contribution in [2.45, 2.75) is 58.2 Å². The molecular weight excluding hydrogens is 250 g/mol. The van der Waals surface area contributed by atoms with E-state index in [1.54, 1.807) is 6.33 Å². The summed E-state index contributed by atoms with van der Waals surface area (Å²) in [5, 5.41) is 8.24. The van der Waals surface area contributed by atoms with E-state index in [-0.39, 0.29) is 5.54 Å². The molecule has 0 saturated heterocycles. The van der Waals surface area contributed by atoms with E-state index in [0.717, 1.165) is 18.7 Å². The average Bonchev–Trinajstić information content (AvgIpc) is 3.04. The van der Waals surface area contributed by atoms with E-state index in [4.69, 9.17) is 0 Å². The van der Waals surface area contributed by atoms with Crippen LogP contribution in [-0.2, 0) is 18.5 Å². The van der Waals surface area contributed by atoms with Crippen molar-refractivity contribution in [3.63, 3.8) is 0 Å². The molecular formula is C15H23N5. The van der Waals surface area contributed by atoms with Gasteiger partial charge in [-0.2, -0.15) is 5.10 Å². The predicted molar refractivity (Wildman–Crippen MR) is 78.3 cm³/mol. The van der Waals surface area contributed by atoms with Crippen molar-refractivity contribution in [2.24, 2.45) is 0 Å². The van der Waals surface area contributed by atoms with Gasteiger partial charge in [0.25, 0.3) is 0 Å². The van der Waals surface area contributed by atoms with Gasteiger partial charge in [0.2, 0.25) is 0 Å². The zero-order chi connectivity index (χ0) is 14.2. The second kappa shape index (κ2) is 5.05. The molecule has 0 amide bonds. The molecule has 1 unspecified atom stereocenters. The molecule has 0 spiro atoms. The number of nitrogens with one attached hydrogen (secondary N) is 2. The second-order valence-corrected chi connectivity index (χ2v) is 6.53. The van der Waals surface area contributed by atoms with Gasteiger partial charge >= 0.3 is 0 Å². The number of aromatic amines is 1. The quantitative estimate of drug-likeness (QED) is 0.903. The first-order valence-corrected chi connectivity index (χ1v) is 7.33. The first kappa shape index (κ1) is 13.4. The first-order valence-electron chi connectivity index (χ1n) is 7.33. The Hall–Kier alpha value is -1.62. The third-order valence-corrected chi connectivity index (χ3v) is 3.91. The van der Waals surface area contributed by atoms with Crippen LogP contribution in [0.5, 0.6) is 0 Å². The van der Waals surface area contributed by atoms with Crippen LogP contribution in [0.4, 0.5) is 0 Å². The Morgan fingerprint density at radius 3 is 2.95 bits per heavy atom. The molecule has 2 aromatic heterocycles. The summed E-state index contributed by atoms with van der Waals surface area (Å²) < 4.78 is 2.19. The van der Waals surface area contributed by atoms with Gasteiger partial charge in [-0.1, -0.05) is 0 Å². The number of fused-ring (bicyclic) bond motifs is 1. The van der Waals surface area contributed by atoms with Crippen LogP contribution < -0.4 is 5.32 Å². The molecule has 2 aromatic rings. The van der Waals surface area contributed by atoms with Crippen molar-refractivity contribution in [3.05, 3.63) is 35.7 Å². The van der Waals surface area contributed by atoms with Crippen molar-refractivity contribution in [1.82, 2.24) is 25.1 Å². The van der Waals surface area contributed by atoms with Crippen LogP contribution in [0.25, 0.3) is 0 Å². The Balaban J connectivity index is 1.78. The summed E-state index contributed by atoms with van der Waals surface area (Å²) in [7, 11) is 0. The van der Waals surface area contributed by atoms with Crippen LogP contribution in [-0.4, -0.2) is 19.7 Å². The summed E-state index contributed by atoms with van der Waals surface area (Å²) in [4.78, 5) is 7.19. The molecule has 3 rings (SSSR count). The molecule has 0 saturated carbocycles. The Labute approximate surface area is 119 Å². The normalized spacial score (nSPS) is 19.1. The molecule has 1 aliphatic carbocycles. The third-order valence-electron chi connectivity index (χ3n) is 3.91. The average molecular weight is 273 g/mol. The number of hydrogen-bond acceptors (Lipinski definition) is 3. The first-order chi connectivity index (χ1) is 9.55. The molecule has 0 radical (unpaired) electrons. The van der Waals surface area contributed by atoms with Crippen molar-refractivity contribution in [3.8, 4) is 0 Å². The van der Waals surface area contributed by atoms with Crippen LogP contribution in [0.15, 0.2) is 18.7 Å². The molecule has 0 fully saturated rings. The highest BCUT2D eigenvalue weighted by Crippen LogP contribution is 2.32. The largest absolute Gasteiger partial charge is 0.347 e. The van der Waals surface area contributed by atoms with Gasteiger partial charge < -0.3 is 10.3 Å². The van der Waals surface area contributed by atoms with Crippen LogP contribution in [0.2, 0.25) is 0 Å². The SMILES string of the molecule is CC(C)(C)n1ncc2c1CCCC2NCc1cnc[nH]1. The van der Waals surface area contributed by atoms with Gasteiger partial charge in [-0.3, -0.25) is 4.68 Å². The summed E-state index contributed by atoms with van der Waals surface area (Å²) in [6, 6.07) is 0.401. The zero-order valence-corrected chi connectivity index (χ0v) is 12.5. The molecule has 2 heterocycles. The fraction of sp³-hybridized carbons (Fsp3) is 0.600. The lowest BCUT2D eigenvalue weighted by molar-refractivity contribution is 0.334. The fourth-order valence-corrected chi connectivity index (χ4v) is 2.96. The molecule has 20 heavy (non-hydrogen) atoms. The van der Waals surface area contributed by atoms with Crippen LogP contribution >= 0.6 is 0 Å². The van der Waals surface area contributed by atoms with E-state index in [2.05, 4.69) is 45.8 Å². The van der Waals surface area contributed by atoms with Gasteiger partial charge in [0.05, 0.1) is 18.1 Å². The Morgan fingerprint density at radius 2 is 2.25 bits per heavy atom. The fourth-order valence-electron chi connectivity index (χ4n) is 2.96. The minimum Gasteiger partial charge on any atom is -0.347 e. The molecule has 2 N–H and O–H groups in total. The van der Waals surface area contributed by atoms with E-state index in [1.165, 1.54) is 24.1 Å². The monoisotopic (exact) mass is 273 g/mol. The Bertz CT molecular complexity index is 562. The molecule has 108 valence electrons. The summed E-state index contributed by atoms with van der Waals surface area (Å²) in [5.74, 6) is 0. The van der Waals surface area contributed by atoms with Gasteiger partial charge in [-0.05, 0) is 40.0 Å². The molecule has 5 nitrogen and oxygen atoms in total. The number of imidazole rings is 1. The maximum absolute atomic E-state index is 4.62. The van der Waals surface area contributed by atoms with Crippen molar-refractivity contribution in [2.75, 3.05) is 0 Å². The minimum absolute atomic E-state index is 0.0544. The topological polar surface area (TPSA) is 58.5 Å². The lowest BCUT2D eigenvalue weighted by atomic mass is 9.92. The van der Waals surface area contributed by atoms with Crippen LogP contribution in [0.3, 0.4) is 0 Å². The van der Waals surface area contributed by atoms with Gasteiger partial charge in [-0.25, -0.2) is 4.98 Å². The number of nitrogens with zero attached hydrogens (tertiary/aromatic N) is 3. The smallest absolute Gasteiger partial charge is 0.0922 e. The highest BCUT2D eigenvalue weighted by Gasteiger charge is 2.27. The standard InChI is InChI=1S/C15H23N5/c1-15(2,3)20-14-6-4-5-13(12(14)9-19-20)17-8-11-7-16-10-18-11/h7,9-10,13,17H,4-6,8H2,1-3H3,(H,16,18). The van der Waals surface area contributed by atoms with Gasteiger partial charge in [-0.15, -0.1) is 0 Å². The number of H-pyrrole nitrogens is 1. The lowest BCUT2D eigenvalue weighted by Crippen LogP contribution is -2.29. The molecule has 0 aliphatic heterocycles. The number of hydrogen-bond donors (Lipinski definition) is 2. The number of rotatable bonds is 3. The van der Waals surface area contributed by atoms with E-state index >= 15 is 0 Å². The summed E-state index contributed by atoms with van der Waals surface area (Å²) >= 11 is 0. The Kier molecular flexibility index (Phi) is 3.38. The van der Waals surface area contributed by atoms with Gasteiger partial charge in [0, 0.05) is 35.7 Å². The van der Waals surface area contributed by atoms with Gasteiger partial charge in [0.1, 0.15) is 0 Å². The number of aromatic nitrogens is 4. The lowest BCUT2D eigenvalue weighted by Gasteiger charge is -2.28. The highest BCUT2D eigenvalue weighted by molar-refractivity contribution is 5.26. The zero-order valence-electron chi connectivity index (χ0n) is 12.5. The van der Waals surface area contributed by atoms with Crippen molar-refractivity contribution < 1.29 is 0 Å². The predicted octanol–water partition coefficient (Wildman–Crippen LogP) is 2.53. The van der Waals surface area contributed by atoms with Gasteiger partial charge in [0.15, 0.2) is 0 Å². The summed E-state index contributed by atoms with van der Waals surface area (Å²) in [6.45, 7) is 7.45. The molecule has 0 aromatic carbocycles. The molecule has 1 atom stereocenters. The van der Waals surface area contributed by atoms with E-state index in [0.29, 0.717) is 6.04 Å². The summed E-state index contributed by atoms with van der Waals surface area (Å²) in [6.07, 6.45) is 9.17. The van der Waals surface area contributed by atoms with E-state index < -0.39 is 0 Å². The maximum Gasteiger partial charge on any atom is 0.0922 e. The Morgan fingerprint density at radius 1 is 1.40 bits per heavy atom. The van der Waals surface area contributed by atoms with Crippen LogP contribution in [0.1, 0.15) is 56.6 Å². The summed E-state index contributed by atoms with van der Waals surface area (Å²) in [5.41, 5.74) is 3.94. The van der Waals surface area contributed by atoms with Crippen LogP contribution in [0, 0.1) is 0 Å².